The molecule has 0 radical (unpaired) electrons. The summed E-state index contributed by atoms with van der Waals surface area (Å²) in [6.07, 6.45) is -4.09. The van der Waals surface area contributed by atoms with Crippen molar-refractivity contribution in [2.75, 3.05) is 6.54 Å². The summed E-state index contributed by atoms with van der Waals surface area (Å²) in [7, 11) is 0. The third-order valence-electron chi connectivity index (χ3n) is 4.71. The highest BCUT2D eigenvalue weighted by Gasteiger charge is 2.30. The van der Waals surface area contributed by atoms with E-state index >= 15 is 0 Å². The van der Waals surface area contributed by atoms with Crippen LogP contribution in [0.15, 0.2) is 66.7 Å². The Balaban J connectivity index is 1.84. The van der Waals surface area contributed by atoms with Crippen molar-refractivity contribution in [3.63, 3.8) is 0 Å². The van der Waals surface area contributed by atoms with E-state index in [1.807, 2.05) is 0 Å². The molecular weight excluding hydrogens is 453 g/mol. The molecule has 3 rings (SSSR count). The lowest BCUT2D eigenvalue weighted by Gasteiger charge is -2.24. The quantitative estimate of drug-likeness (QED) is 0.354. The summed E-state index contributed by atoms with van der Waals surface area (Å²) >= 11 is 12.1. The number of hydrogen-bond acceptors (Lipinski definition) is 1. The van der Waals surface area contributed by atoms with E-state index in [0.29, 0.717) is 22.0 Å². The molecule has 0 N–H and O–H groups in total. The van der Waals surface area contributed by atoms with Crippen LogP contribution in [0.5, 0.6) is 0 Å². The fourth-order valence-corrected chi connectivity index (χ4v) is 3.56. The van der Waals surface area contributed by atoms with Gasteiger partial charge in [0.15, 0.2) is 0 Å². The molecule has 0 atom stereocenters. The molecule has 0 spiro atoms. The molecule has 0 heterocycles. The summed E-state index contributed by atoms with van der Waals surface area (Å²) in [6.45, 7) is 0.187. The molecule has 0 saturated heterocycles. The van der Waals surface area contributed by atoms with Crippen LogP contribution in [-0.2, 0) is 19.1 Å². The largest absolute Gasteiger partial charge is 0.416 e. The van der Waals surface area contributed by atoms with Gasteiger partial charge in [-0.3, -0.25) is 4.79 Å². The van der Waals surface area contributed by atoms with Gasteiger partial charge in [0.1, 0.15) is 5.82 Å². The van der Waals surface area contributed by atoms with Crippen molar-refractivity contribution in [3.05, 3.63) is 105 Å². The van der Waals surface area contributed by atoms with Crippen LogP contribution >= 0.6 is 23.2 Å². The maximum atomic E-state index is 14.2. The van der Waals surface area contributed by atoms with Crippen LogP contribution < -0.4 is 0 Å². The summed E-state index contributed by atoms with van der Waals surface area (Å²) in [5.41, 5.74) is 0.331. The van der Waals surface area contributed by atoms with Gasteiger partial charge in [-0.25, -0.2) is 4.39 Å². The molecule has 0 aliphatic heterocycles. The lowest BCUT2D eigenvalue weighted by atomic mass is 10.1. The minimum absolute atomic E-state index is 0.0104. The smallest absolute Gasteiger partial charge is 0.334 e. The number of nitrogens with zero attached hydrogens (tertiary/aromatic N) is 1. The van der Waals surface area contributed by atoms with E-state index in [2.05, 4.69) is 0 Å². The zero-order valence-corrected chi connectivity index (χ0v) is 17.6. The molecule has 2 nitrogen and oxygen atoms in total. The average Bonchev–Trinajstić information content (AvgIpc) is 2.72. The van der Waals surface area contributed by atoms with Gasteiger partial charge in [0.2, 0.25) is 0 Å². The molecule has 0 aliphatic carbocycles. The zero-order chi connectivity index (χ0) is 22.6. The molecule has 0 aliphatic rings. The number of amides is 1. The Bertz CT molecular complexity index is 1070. The maximum absolute atomic E-state index is 14.2. The van der Waals surface area contributed by atoms with Crippen molar-refractivity contribution >= 4 is 29.1 Å². The number of benzene rings is 3. The highest BCUT2D eigenvalue weighted by atomic mass is 35.5. The summed E-state index contributed by atoms with van der Waals surface area (Å²) in [5.74, 6) is -1.24. The molecule has 0 fully saturated rings. The Kier molecular flexibility index (Phi) is 7.23. The van der Waals surface area contributed by atoms with E-state index in [1.165, 1.54) is 35.2 Å². The first kappa shape index (κ1) is 23.1. The Morgan fingerprint density at radius 2 is 1.61 bits per heavy atom. The highest BCUT2D eigenvalue weighted by Crippen LogP contribution is 2.29. The van der Waals surface area contributed by atoms with Crippen LogP contribution in [0, 0.1) is 5.82 Å². The lowest BCUT2D eigenvalue weighted by Crippen LogP contribution is -2.33. The van der Waals surface area contributed by atoms with Gasteiger partial charge < -0.3 is 4.90 Å². The molecule has 0 saturated carbocycles. The SMILES string of the molecule is O=C(c1ccccc1F)N(CCc1ccc(Cl)cc1Cl)Cc1ccc(C(F)(F)F)cc1. The second kappa shape index (κ2) is 9.71. The van der Waals surface area contributed by atoms with E-state index < -0.39 is 23.5 Å². The number of carbonyl (C=O) groups is 1. The van der Waals surface area contributed by atoms with Crippen molar-refractivity contribution in [2.24, 2.45) is 0 Å². The van der Waals surface area contributed by atoms with Gasteiger partial charge in [0, 0.05) is 23.1 Å². The van der Waals surface area contributed by atoms with Crippen molar-refractivity contribution in [3.8, 4) is 0 Å². The van der Waals surface area contributed by atoms with E-state index in [1.54, 1.807) is 24.3 Å². The third kappa shape index (κ3) is 5.99. The summed E-state index contributed by atoms with van der Waals surface area (Å²) in [4.78, 5) is 14.4. The van der Waals surface area contributed by atoms with Gasteiger partial charge in [0.05, 0.1) is 11.1 Å². The first-order valence-corrected chi connectivity index (χ1v) is 10.0. The monoisotopic (exact) mass is 469 g/mol. The molecular formula is C23H17Cl2F4NO. The van der Waals surface area contributed by atoms with Crippen molar-refractivity contribution in [2.45, 2.75) is 19.1 Å². The number of hydrogen-bond donors (Lipinski definition) is 0. The Morgan fingerprint density at radius 3 is 2.23 bits per heavy atom. The topological polar surface area (TPSA) is 20.3 Å². The van der Waals surface area contributed by atoms with Crippen LogP contribution in [0.4, 0.5) is 17.6 Å². The van der Waals surface area contributed by atoms with E-state index in [0.717, 1.165) is 17.7 Å². The molecule has 0 unspecified atom stereocenters. The summed E-state index contributed by atoms with van der Waals surface area (Å²) in [5, 5.41) is 0.901. The average molecular weight is 470 g/mol. The van der Waals surface area contributed by atoms with E-state index in [9.17, 15) is 22.4 Å². The molecule has 31 heavy (non-hydrogen) atoms. The minimum atomic E-state index is -4.45. The summed E-state index contributed by atoms with van der Waals surface area (Å²) in [6, 6.07) is 15.1. The third-order valence-corrected chi connectivity index (χ3v) is 5.30. The number of rotatable bonds is 6. The van der Waals surface area contributed by atoms with Gasteiger partial charge in [0.25, 0.3) is 5.91 Å². The molecule has 0 aromatic heterocycles. The standard InChI is InChI=1S/C23H17Cl2F4NO/c24-18-10-7-16(20(25)13-18)11-12-30(22(31)19-3-1-2-4-21(19)26)14-15-5-8-17(9-6-15)23(27,28)29/h1-10,13H,11-12,14H2. The molecule has 3 aromatic rings. The number of carbonyl (C=O) groups excluding carboxylic acids is 1. The van der Waals surface area contributed by atoms with Crippen molar-refractivity contribution in [1.82, 2.24) is 4.90 Å². The fraction of sp³-hybridized carbons (Fsp3) is 0.174. The fourth-order valence-electron chi connectivity index (χ4n) is 3.06. The first-order chi connectivity index (χ1) is 14.6. The minimum Gasteiger partial charge on any atom is -0.334 e. The van der Waals surface area contributed by atoms with Gasteiger partial charge in [-0.2, -0.15) is 13.2 Å². The first-order valence-electron chi connectivity index (χ1n) is 9.29. The van der Waals surface area contributed by atoms with E-state index in [-0.39, 0.29) is 18.7 Å². The molecule has 3 aromatic carbocycles. The Morgan fingerprint density at radius 1 is 0.935 bits per heavy atom. The Labute approximate surface area is 187 Å². The predicted molar refractivity (Wildman–Crippen MR) is 113 cm³/mol. The maximum Gasteiger partial charge on any atom is 0.416 e. The normalized spacial score (nSPS) is 11.4. The number of halogens is 6. The highest BCUT2D eigenvalue weighted by molar-refractivity contribution is 6.35. The molecule has 1 amide bonds. The van der Waals surface area contributed by atoms with Crippen LogP contribution in [0.1, 0.15) is 27.0 Å². The molecule has 8 heteroatoms. The van der Waals surface area contributed by atoms with Crippen molar-refractivity contribution < 1.29 is 22.4 Å². The molecule has 0 bridgehead atoms. The van der Waals surface area contributed by atoms with Crippen LogP contribution in [0.25, 0.3) is 0 Å². The van der Waals surface area contributed by atoms with E-state index in [4.69, 9.17) is 23.2 Å². The van der Waals surface area contributed by atoms with Gasteiger partial charge in [-0.1, -0.05) is 53.5 Å². The molecule has 162 valence electrons. The number of alkyl halides is 3. The lowest BCUT2D eigenvalue weighted by molar-refractivity contribution is -0.137. The summed E-state index contributed by atoms with van der Waals surface area (Å²) < 4.78 is 52.7. The van der Waals surface area contributed by atoms with Gasteiger partial charge >= 0.3 is 6.18 Å². The van der Waals surface area contributed by atoms with Crippen molar-refractivity contribution in [1.29, 1.82) is 0 Å². The Hall–Kier alpha value is -2.57. The second-order valence-electron chi connectivity index (χ2n) is 6.89. The van der Waals surface area contributed by atoms with Crippen LogP contribution in [0.2, 0.25) is 10.0 Å². The predicted octanol–water partition coefficient (Wildman–Crippen LogP) is 7.04. The van der Waals surface area contributed by atoms with Gasteiger partial charge in [-0.15, -0.1) is 0 Å². The second-order valence-corrected chi connectivity index (χ2v) is 7.73. The van der Waals surface area contributed by atoms with Gasteiger partial charge in [-0.05, 0) is 53.9 Å². The van der Waals surface area contributed by atoms with Crippen LogP contribution in [-0.4, -0.2) is 17.4 Å². The van der Waals surface area contributed by atoms with Crippen LogP contribution in [0.3, 0.4) is 0 Å². The zero-order valence-electron chi connectivity index (χ0n) is 16.1.